The average molecular weight is 421 g/mol. The first-order valence-corrected chi connectivity index (χ1v) is 11.2. The molecule has 0 fully saturated rings. The van der Waals surface area contributed by atoms with Crippen molar-refractivity contribution in [3.05, 3.63) is 35.7 Å². The summed E-state index contributed by atoms with van der Waals surface area (Å²) < 4.78 is 32.3. The van der Waals surface area contributed by atoms with Gasteiger partial charge in [-0.05, 0) is 42.9 Å². The lowest BCUT2D eigenvalue weighted by Gasteiger charge is -2.30. The van der Waals surface area contributed by atoms with E-state index in [1.807, 2.05) is 18.3 Å². The Morgan fingerprint density at radius 3 is 2.62 bits per heavy atom. The fraction of sp³-hybridized carbons (Fsp3) is 0.524. The number of hydrogen-bond acceptors (Lipinski definition) is 7. The summed E-state index contributed by atoms with van der Waals surface area (Å²) in [6.07, 6.45) is 6.03. The number of nitrogens with zero attached hydrogens (tertiary/aromatic N) is 2. The molecule has 0 aromatic carbocycles. The fourth-order valence-electron chi connectivity index (χ4n) is 3.06. The van der Waals surface area contributed by atoms with E-state index >= 15 is 0 Å². The van der Waals surface area contributed by atoms with Crippen molar-refractivity contribution in [3.63, 3.8) is 0 Å². The first kappa shape index (κ1) is 23.1. The number of carbonyl (C=O) groups excluding carboxylic acids is 1. The molecular formula is C21H28N2O5S. The van der Waals surface area contributed by atoms with Crippen molar-refractivity contribution in [1.82, 2.24) is 9.88 Å². The molecule has 0 N–H and O–H groups in total. The second-order valence-corrected chi connectivity index (χ2v) is 9.64. The molecule has 158 valence electrons. The molecule has 1 aromatic heterocycles. The second-order valence-electron chi connectivity index (χ2n) is 7.19. The molecule has 1 atom stereocenters. The monoisotopic (exact) mass is 420 g/mol. The summed E-state index contributed by atoms with van der Waals surface area (Å²) in [5.74, 6) is 5.10. The molecule has 0 saturated carbocycles. The fourth-order valence-corrected chi connectivity index (χ4v) is 3.91. The van der Waals surface area contributed by atoms with Gasteiger partial charge in [0.2, 0.25) is 0 Å². The van der Waals surface area contributed by atoms with Gasteiger partial charge in [-0.2, -0.15) is 0 Å². The summed E-state index contributed by atoms with van der Waals surface area (Å²) in [6.45, 7) is 3.77. The van der Waals surface area contributed by atoms with Gasteiger partial charge in [0.1, 0.15) is 12.3 Å². The highest BCUT2D eigenvalue weighted by atomic mass is 32.2. The van der Waals surface area contributed by atoms with E-state index in [1.54, 1.807) is 7.11 Å². The molecule has 1 aliphatic rings. The third-order valence-electron chi connectivity index (χ3n) is 5.20. The Kier molecular flexibility index (Phi) is 7.96. The summed E-state index contributed by atoms with van der Waals surface area (Å²) in [7, 11) is -0.776. The van der Waals surface area contributed by atoms with Crippen LogP contribution >= 0.6 is 0 Å². The molecule has 0 spiro atoms. The number of methoxy groups -OCH3 is 2. The minimum Gasteiger partial charge on any atom is -0.468 e. The van der Waals surface area contributed by atoms with Crippen LogP contribution in [0.1, 0.15) is 31.0 Å². The van der Waals surface area contributed by atoms with Crippen LogP contribution in [0.5, 0.6) is 0 Å². The Bertz CT molecular complexity index is 913. The average Bonchev–Trinajstić information content (AvgIpc) is 2.71. The molecule has 0 radical (unpaired) electrons. The zero-order chi connectivity index (χ0) is 21.5. The Hall–Kier alpha value is -2.21. The number of sulfone groups is 1. The molecular weight excluding hydrogens is 392 g/mol. The second kappa shape index (κ2) is 10.0. The van der Waals surface area contributed by atoms with Crippen molar-refractivity contribution in [1.29, 1.82) is 0 Å². The molecule has 0 amide bonds. The molecule has 0 bridgehead atoms. The number of ether oxygens (including phenoxy) is 2. The Labute approximate surface area is 173 Å². The first-order chi connectivity index (χ1) is 13.7. The Morgan fingerprint density at radius 1 is 1.34 bits per heavy atom. The van der Waals surface area contributed by atoms with Crippen molar-refractivity contribution in [2.75, 3.05) is 46.7 Å². The standard InChI is InChI=1S/C21H28N2O5S/c1-21(20(24)28-3,29(4,25)26)11-14-23-12-9-17(10-13-23)18-7-8-19(22-16-18)6-5-15-27-2/h7-9,16H,10-15H2,1-4H3. The molecule has 8 heteroatoms. The SMILES string of the molecule is COCC#Cc1ccc(C2=CCN(CCC(C)(C(=O)OC)S(C)(=O)=O)CC2)cn1. The van der Waals surface area contributed by atoms with Crippen LogP contribution in [0.25, 0.3) is 5.57 Å². The zero-order valence-corrected chi connectivity index (χ0v) is 18.2. The van der Waals surface area contributed by atoms with Crippen LogP contribution in [-0.4, -0.2) is 75.7 Å². The maximum atomic E-state index is 12.1. The van der Waals surface area contributed by atoms with Crippen molar-refractivity contribution >= 4 is 21.4 Å². The van der Waals surface area contributed by atoms with Gasteiger partial charge in [0, 0.05) is 39.2 Å². The van der Waals surface area contributed by atoms with E-state index in [2.05, 4.69) is 27.8 Å². The lowest BCUT2D eigenvalue weighted by Crippen LogP contribution is -2.46. The molecule has 1 aliphatic heterocycles. The van der Waals surface area contributed by atoms with E-state index in [0.717, 1.165) is 24.8 Å². The van der Waals surface area contributed by atoms with Crippen molar-refractivity contribution in [2.45, 2.75) is 24.5 Å². The van der Waals surface area contributed by atoms with Crippen LogP contribution in [0.15, 0.2) is 24.4 Å². The van der Waals surface area contributed by atoms with Gasteiger partial charge in [0.15, 0.2) is 14.6 Å². The molecule has 0 saturated heterocycles. The van der Waals surface area contributed by atoms with Crippen molar-refractivity contribution in [2.24, 2.45) is 0 Å². The number of esters is 1. The van der Waals surface area contributed by atoms with Crippen LogP contribution in [0.3, 0.4) is 0 Å². The maximum absolute atomic E-state index is 12.1. The van der Waals surface area contributed by atoms with E-state index in [-0.39, 0.29) is 6.42 Å². The Balaban J connectivity index is 1.99. The smallest absolute Gasteiger partial charge is 0.326 e. The minimum absolute atomic E-state index is 0.193. The first-order valence-electron chi connectivity index (χ1n) is 9.35. The van der Waals surface area contributed by atoms with Crippen LogP contribution in [-0.2, 0) is 24.1 Å². The quantitative estimate of drug-likeness (QED) is 0.488. The highest BCUT2D eigenvalue weighted by molar-refractivity contribution is 7.92. The number of rotatable bonds is 7. The third kappa shape index (κ3) is 5.89. The highest BCUT2D eigenvalue weighted by Crippen LogP contribution is 2.26. The lowest BCUT2D eigenvalue weighted by atomic mass is 10.00. The predicted octanol–water partition coefficient (Wildman–Crippen LogP) is 1.53. The molecule has 2 heterocycles. The van der Waals surface area contributed by atoms with Gasteiger partial charge in [-0.1, -0.05) is 18.1 Å². The summed E-state index contributed by atoms with van der Waals surface area (Å²) in [4.78, 5) is 18.5. The third-order valence-corrected chi connectivity index (χ3v) is 7.21. The zero-order valence-electron chi connectivity index (χ0n) is 17.4. The number of aromatic nitrogens is 1. The van der Waals surface area contributed by atoms with E-state index in [4.69, 9.17) is 9.47 Å². The number of pyridine rings is 1. The van der Waals surface area contributed by atoms with E-state index in [9.17, 15) is 13.2 Å². The highest BCUT2D eigenvalue weighted by Gasteiger charge is 2.44. The summed E-state index contributed by atoms with van der Waals surface area (Å²) in [5, 5.41) is 0. The van der Waals surface area contributed by atoms with Gasteiger partial charge in [-0.25, -0.2) is 13.4 Å². The topological polar surface area (TPSA) is 85.8 Å². The summed E-state index contributed by atoms with van der Waals surface area (Å²) >= 11 is 0. The molecule has 7 nitrogen and oxygen atoms in total. The Morgan fingerprint density at radius 2 is 2.10 bits per heavy atom. The lowest BCUT2D eigenvalue weighted by molar-refractivity contribution is -0.143. The molecule has 0 aliphatic carbocycles. The molecule has 1 unspecified atom stereocenters. The van der Waals surface area contributed by atoms with Gasteiger partial charge in [0.25, 0.3) is 0 Å². The van der Waals surface area contributed by atoms with Crippen LogP contribution in [0, 0.1) is 11.8 Å². The minimum atomic E-state index is -3.59. The van der Waals surface area contributed by atoms with Gasteiger partial charge < -0.3 is 9.47 Å². The molecule has 2 rings (SSSR count). The van der Waals surface area contributed by atoms with Crippen molar-refractivity contribution < 1.29 is 22.7 Å². The van der Waals surface area contributed by atoms with Crippen molar-refractivity contribution in [3.8, 4) is 11.8 Å². The van der Waals surface area contributed by atoms with Gasteiger partial charge >= 0.3 is 5.97 Å². The predicted molar refractivity (Wildman–Crippen MR) is 112 cm³/mol. The number of carbonyl (C=O) groups is 1. The van der Waals surface area contributed by atoms with E-state index in [0.29, 0.717) is 25.4 Å². The van der Waals surface area contributed by atoms with Gasteiger partial charge in [0.05, 0.1) is 7.11 Å². The van der Waals surface area contributed by atoms with E-state index in [1.165, 1.54) is 19.6 Å². The number of hydrogen-bond donors (Lipinski definition) is 0. The normalized spacial score (nSPS) is 16.9. The van der Waals surface area contributed by atoms with Crippen LogP contribution in [0.2, 0.25) is 0 Å². The molecule has 29 heavy (non-hydrogen) atoms. The maximum Gasteiger partial charge on any atom is 0.326 e. The van der Waals surface area contributed by atoms with Gasteiger partial charge in [-0.15, -0.1) is 0 Å². The summed E-state index contributed by atoms with van der Waals surface area (Å²) in [6, 6.07) is 3.89. The molecule has 1 aromatic rings. The summed E-state index contributed by atoms with van der Waals surface area (Å²) in [5.41, 5.74) is 2.95. The van der Waals surface area contributed by atoms with Crippen LogP contribution < -0.4 is 0 Å². The largest absolute Gasteiger partial charge is 0.468 e. The van der Waals surface area contributed by atoms with Crippen LogP contribution in [0.4, 0.5) is 0 Å². The van der Waals surface area contributed by atoms with Gasteiger partial charge in [-0.3, -0.25) is 9.69 Å². The van der Waals surface area contributed by atoms with E-state index < -0.39 is 20.6 Å².